The molecule has 0 spiro atoms. The van der Waals surface area contributed by atoms with Gasteiger partial charge < -0.3 is 5.73 Å². The van der Waals surface area contributed by atoms with Crippen molar-refractivity contribution >= 4 is 5.82 Å². The van der Waals surface area contributed by atoms with E-state index in [1.54, 1.807) is 6.20 Å². The van der Waals surface area contributed by atoms with Crippen LogP contribution in [0.3, 0.4) is 0 Å². The highest BCUT2D eigenvalue weighted by atomic mass is 14.9. The summed E-state index contributed by atoms with van der Waals surface area (Å²) < 4.78 is 0. The lowest BCUT2D eigenvalue weighted by atomic mass is 10.4. The molecule has 0 saturated heterocycles. The van der Waals surface area contributed by atoms with Gasteiger partial charge in [-0.15, -0.1) is 6.42 Å². The summed E-state index contributed by atoms with van der Waals surface area (Å²) in [5.74, 6) is 2.65. The number of aryl methyl sites for hydroxylation is 1. The summed E-state index contributed by atoms with van der Waals surface area (Å²) in [7, 11) is 0. The monoisotopic (exact) mass is 133 g/mol. The number of nitrogens with two attached hydrogens (primary N) is 1. The smallest absolute Gasteiger partial charge is 0.158 e. The average Bonchev–Trinajstić information content (AvgIpc) is 1.94. The number of terminal acetylenes is 1. The molecule has 3 nitrogen and oxygen atoms in total. The molecule has 0 fully saturated rings. The van der Waals surface area contributed by atoms with Gasteiger partial charge in [0.05, 0.1) is 11.9 Å². The van der Waals surface area contributed by atoms with E-state index in [2.05, 4.69) is 15.9 Å². The second kappa shape index (κ2) is 2.36. The van der Waals surface area contributed by atoms with Crippen molar-refractivity contribution in [3.05, 3.63) is 17.6 Å². The molecule has 10 heavy (non-hydrogen) atoms. The van der Waals surface area contributed by atoms with Gasteiger partial charge in [0.25, 0.3) is 0 Å². The largest absolute Gasteiger partial charge is 0.381 e. The fourth-order valence-electron chi connectivity index (χ4n) is 0.593. The third-order valence-corrected chi connectivity index (χ3v) is 1.06. The maximum absolute atomic E-state index is 5.38. The molecule has 0 radical (unpaired) electrons. The Labute approximate surface area is 59.3 Å². The van der Waals surface area contributed by atoms with Crippen LogP contribution in [-0.2, 0) is 0 Å². The van der Waals surface area contributed by atoms with Gasteiger partial charge in [0, 0.05) is 0 Å². The Morgan fingerprint density at radius 3 is 2.90 bits per heavy atom. The van der Waals surface area contributed by atoms with Crippen molar-refractivity contribution in [1.29, 1.82) is 0 Å². The summed E-state index contributed by atoms with van der Waals surface area (Å²) in [6.07, 6.45) is 6.67. The third-order valence-electron chi connectivity index (χ3n) is 1.06. The molecule has 0 aliphatic rings. The first kappa shape index (κ1) is 6.56. The number of hydrogen-bond donors (Lipinski definition) is 1. The highest BCUT2D eigenvalue weighted by molar-refractivity contribution is 5.44. The van der Waals surface area contributed by atoms with E-state index in [4.69, 9.17) is 12.2 Å². The normalized spacial score (nSPS) is 8.80. The fourth-order valence-corrected chi connectivity index (χ4v) is 0.593. The van der Waals surface area contributed by atoms with Crippen molar-refractivity contribution in [2.45, 2.75) is 6.92 Å². The number of hydrogen-bond acceptors (Lipinski definition) is 3. The molecule has 0 aliphatic carbocycles. The summed E-state index contributed by atoms with van der Waals surface area (Å²) in [6, 6.07) is 0. The van der Waals surface area contributed by atoms with E-state index >= 15 is 0 Å². The van der Waals surface area contributed by atoms with Crippen LogP contribution in [-0.4, -0.2) is 9.97 Å². The Balaban J connectivity index is 3.25. The molecule has 0 aromatic carbocycles. The fraction of sp³-hybridized carbons (Fsp3) is 0.143. The van der Waals surface area contributed by atoms with Gasteiger partial charge in [-0.2, -0.15) is 0 Å². The molecule has 1 aromatic heterocycles. The Morgan fingerprint density at radius 2 is 2.40 bits per heavy atom. The van der Waals surface area contributed by atoms with Gasteiger partial charge in [-0.3, -0.25) is 0 Å². The second-order valence-electron chi connectivity index (χ2n) is 1.89. The number of rotatable bonds is 0. The van der Waals surface area contributed by atoms with Crippen LogP contribution in [0, 0.1) is 19.3 Å². The summed E-state index contributed by atoms with van der Waals surface area (Å²) in [5, 5.41) is 0. The topological polar surface area (TPSA) is 51.8 Å². The van der Waals surface area contributed by atoms with Gasteiger partial charge in [-0.25, -0.2) is 9.97 Å². The molecule has 0 amide bonds. The zero-order valence-corrected chi connectivity index (χ0v) is 5.63. The maximum atomic E-state index is 5.38. The molecule has 0 unspecified atom stereocenters. The zero-order chi connectivity index (χ0) is 7.56. The highest BCUT2D eigenvalue weighted by Gasteiger charge is 1.96. The lowest BCUT2D eigenvalue weighted by molar-refractivity contribution is 1.11. The summed E-state index contributed by atoms with van der Waals surface area (Å²) >= 11 is 0. The van der Waals surface area contributed by atoms with Crippen LogP contribution >= 0.6 is 0 Å². The van der Waals surface area contributed by atoms with Crippen molar-refractivity contribution in [2.24, 2.45) is 0 Å². The first-order chi connectivity index (χ1) is 4.74. The van der Waals surface area contributed by atoms with Crippen LogP contribution in [0.5, 0.6) is 0 Å². The Morgan fingerprint density at radius 1 is 1.70 bits per heavy atom. The van der Waals surface area contributed by atoms with Gasteiger partial charge in [-0.1, -0.05) is 0 Å². The minimum absolute atomic E-state index is 0.313. The molecular formula is C7H7N3. The molecular weight excluding hydrogens is 126 g/mol. The van der Waals surface area contributed by atoms with Crippen LogP contribution in [0.2, 0.25) is 0 Å². The lowest BCUT2D eigenvalue weighted by Gasteiger charge is -1.95. The van der Waals surface area contributed by atoms with E-state index in [9.17, 15) is 0 Å². The molecule has 0 atom stereocenters. The van der Waals surface area contributed by atoms with Crippen LogP contribution in [0.1, 0.15) is 11.4 Å². The van der Waals surface area contributed by atoms with Crippen LogP contribution in [0.15, 0.2) is 6.20 Å². The van der Waals surface area contributed by atoms with Gasteiger partial charge in [0.15, 0.2) is 11.5 Å². The van der Waals surface area contributed by atoms with Crippen molar-refractivity contribution in [1.82, 2.24) is 9.97 Å². The van der Waals surface area contributed by atoms with Crippen LogP contribution in [0.25, 0.3) is 0 Å². The number of anilines is 1. The molecule has 1 aromatic rings. The molecule has 0 aliphatic heterocycles. The first-order valence-electron chi connectivity index (χ1n) is 2.80. The minimum Gasteiger partial charge on any atom is -0.381 e. The second-order valence-corrected chi connectivity index (χ2v) is 1.89. The van der Waals surface area contributed by atoms with Gasteiger partial charge in [-0.05, 0) is 12.8 Å². The van der Waals surface area contributed by atoms with Crippen LogP contribution in [0.4, 0.5) is 5.82 Å². The Hall–Kier alpha value is -1.56. The molecule has 0 saturated carbocycles. The molecule has 1 heterocycles. The van der Waals surface area contributed by atoms with E-state index in [1.807, 2.05) is 6.92 Å². The Kier molecular flexibility index (Phi) is 1.55. The molecule has 0 bridgehead atoms. The number of nitrogen functional groups attached to an aromatic ring is 1. The molecule has 2 N–H and O–H groups in total. The summed E-state index contributed by atoms with van der Waals surface area (Å²) in [5.41, 5.74) is 6.58. The quantitative estimate of drug-likeness (QED) is 0.519. The van der Waals surface area contributed by atoms with Gasteiger partial charge in [0.1, 0.15) is 0 Å². The zero-order valence-electron chi connectivity index (χ0n) is 5.63. The predicted octanol–water partition coefficient (Wildman–Crippen LogP) is 0.349. The van der Waals surface area contributed by atoms with E-state index in [0.29, 0.717) is 11.5 Å². The molecule has 3 heteroatoms. The van der Waals surface area contributed by atoms with Crippen molar-refractivity contribution in [3.8, 4) is 12.3 Å². The highest BCUT2D eigenvalue weighted by Crippen LogP contribution is 2.02. The van der Waals surface area contributed by atoms with Gasteiger partial charge in [0.2, 0.25) is 0 Å². The van der Waals surface area contributed by atoms with E-state index in [1.165, 1.54) is 0 Å². The SMILES string of the molecule is C#Cc1nc(C)cnc1N. The average molecular weight is 133 g/mol. The van der Waals surface area contributed by atoms with Gasteiger partial charge >= 0.3 is 0 Å². The molecule has 50 valence electrons. The number of aromatic nitrogens is 2. The van der Waals surface area contributed by atoms with E-state index < -0.39 is 0 Å². The van der Waals surface area contributed by atoms with Crippen molar-refractivity contribution < 1.29 is 0 Å². The summed E-state index contributed by atoms with van der Waals surface area (Å²) in [4.78, 5) is 7.79. The maximum Gasteiger partial charge on any atom is 0.158 e. The van der Waals surface area contributed by atoms with Crippen molar-refractivity contribution in [2.75, 3.05) is 5.73 Å². The third kappa shape index (κ3) is 1.06. The minimum atomic E-state index is 0.313. The standard InChI is InChI=1S/C7H7N3/c1-3-6-7(8)9-4-5(2)10-6/h1,4H,2H3,(H2,8,9). The summed E-state index contributed by atoms with van der Waals surface area (Å²) in [6.45, 7) is 1.81. The van der Waals surface area contributed by atoms with Crippen LogP contribution < -0.4 is 5.73 Å². The first-order valence-corrected chi connectivity index (χ1v) is 2.80. The Bertz CT molecular complexity index is 285. The van der Waals surface area contributed by atoms with E-state index in [0.717, 1.165) is 5.69 Å². The van der Waals surface area contributed by atoms with Crippen molar-refractivity contribution in [3.63, 3.8) is 0 Å². The lowest BCUT2D eigenvalue weighted by Crippen LogP contribution is -1.98. The predicted molar refractivity (Wildman–Crippen MR) is 39.1 cm³/mol. The van der Waals surface area contributed by atoms with E-state index in [-0.39, 0.29) is 0 Å². The molecule has 1 rings (SSSR count). The number of nitrogens with zero attached hydrogens (tertiary/aromatic N) is 2.